The number of hydrogen-bond acceptors (Lipinski definition) is 1. The smallest absolute Gasteiger partial charge is 0.0602 e. The topological polar surface area (TPSA) is 20.2 Å². The van der Waals surface area contributed by atoms with E-state index < -0.39 is 0 Å². The lowest BCUT2D eigenvalue weighted by Gasteiger charge is -2.22. The Labute approximate surface area is 81.9 Å². The van der Waals surface area contributed by atoms with Crippen molar-refractivity contribution >= 4 is 0 Å². The fraction of sp³-hybridized carbons (Fsp3) is 0.833. The Hall–Kier alpha value is -0.300. The normalized spacial score (nSPS) is 24.6. The van der Waals surface area contributed by atoms with Gasteiger partial charge in [0.05, 0.1) is 6.10 Å². The number of rotatable bonds is 5. The van der Waals surface area contributed by atoms with E-state index in [0.29, 0.717) is 5.92 Å². The zero-order valence-electron chi connectivity index (χ0n) is 8.71. The lowest BCUT2D eigenvalue weighted by atomic mass is 9.88. The second-order valence-corrected chi connectivity index (χ2v) is 4.09. The van der Waals surface area contributed by atoms with Gasteiger partial charge in [-0.3, -0.25) is 0 Å². The molecule has 0 aromatic heterocycles. The zero-order valence-corrected chi connectivity index (χ0v) is 8.71. The zero-order chi connectivity index (χ0) is 9.52. The maximum absolute atomic E-state index is 9.85. The molecule has 0 aliphatic heterocycles. The predicted molar refractivity (Wildman–Crippen MR) is 56.6 cm³/mol. The SMILES string of the molecule is CCCCC[C@@H](O)[C@H]1C=CCCC1. The van der Waals surface area contributed by atoms with Crippen LogP contribution in [0, 0.1) is 5.92 Å². The van der Waals surface area contributed by atoms with Crippen molar-refractivity contribution in [3.8, 4) is 0 Å². The molecule has 0 heterocycles. The van der Waals surface area contributed by atoms with Crippen LogP contribution in [0.25, 0.3) is 0 Å². The number of aliphatic hydroxyl groups is 1. The van der Waals surface area contributed by atoms with Crippen molar-refractivity contribution in [1.29, 1.82) is 0 Å². The highest BCUT2D eigenvalue weighted by Crippen LogP contribution is 2.23. The molecular weight excluding hydrogens is 160 g/mol. The summed E-state index contributed by atoms with van der Waals surface area (Å²) in [6, 6.07) is 0. The maximum Gasteiger partial charge on any atom is 0.0602 e. The lowest BCUT2D eigenvalue weighted by molar-refractivity contribution is 0.110. The monoisotopic (exact) mass is 182 g/mol. The molecule has 0 saturated carbocycles. The maximum atomic E-state index is 9.85. The lowest BCUT2D eigenvalue weighted by Crippen LogP contribution is -2.19. The minimum Gasteiger partial charge on any atom is -0.393 e. The Morgan fingerprint density at radius 1 is 1.46 bits per heavy atom. The molecule has 0 spiro atoms. The third-order valence-corrected chi connectivity index (χ3v) is 2.89. The average Bonchev–Trinajstić information content (AvgIpc) is 2.19. The van der Waals surface area contributed by atoms with Gasteiger partial charge in [0, 0.05) is 5.92 Å². The average molecular weight is 182 g/mol. The van der Waals surface area contributed by atoms with Crippen molar-refractivity contribution in [3.63, 3.8) is 0 Å². The van der Waals surface area contributed by atoms with Crippen LogP contribution in [0.2, 0.25) is 0 Å². The Morgan fingerprint density at radius 3 is 2.92 bits per heavy atom. The molecule has 1 N–H and O–H groups in total. The van der Waals surface area contributed by atoms with Gasteiger partial charge in [-0.25, -0.2) is 0 Å². The van der Waals surface area contributed by atoms with E-state index in [1.54, 1.807) is 0 Å². The Kier molecular flexibility index (Phi) is 5.14. The van der Waals surface area contributed by atoms with Crippen molar-refractivity contribution in [3.05, 3.63) is 12.2 Å². The molecule has 1 aliphatic rings. The van der Waals surface area contributed by atoms with Crippen LogP contribution < -0.4 is 0 Å². The van der Waals surface area contributed by atoms with Crippen LogP contribution >= 0.6 is 0 Å². The second kappa shape index (κ2) is 6.20. The molecule has 0 fully saturated rings. The van der Waals surface area contributed by atoms with E-state index in [0.717, 1.165) is 6.42 Å². The Bertz CT molecular complexity index is 151. The van der Waals surface area contributed by atoms with Crippen LogP contribution in [0.15, 0.2) is 12.2 Å². The number of unbranched alkanes of at least 4 members (excludes halogenated alkanes) is 2. The van der Waals surface area contributed by atoms with Gasteiger partial charge in [0.1, 0.15) is 0 Å². The first-order chi connectivity index (χ1) is 6.34. The van der Waals surface area contributed by atoms with Gasteiger partial charge in [-0.15, -0.1) is 0 Å². The van der Waals surface area contributed by atoms with Crippen LogP contribution in [0.4, 0.5) is 0 Å². The quantitative estimate of drug-likeness (QED) is 0.511. The first-order valence-electron chi connectivity index (χ1n) is 5.69. The number of aliphatic hydroxyl groups excluding tert-OH is 1. The van der Waals surface area contributed by atoms with E-state index in [1.807, 2.05) is 0 Å². The molecule has 0 aromatic carbocycles. The summed E-state index contributed by atoms with van der Waals surface area (Å²) in [5, 5.41) is 9.85. The van der Waals surface area contributed by atoms with Crippen molar-refractivity contribution in [2.24, 2.45) is 5.92 Å². The highest BCUT2D eigenvalue weighted by atomic mass is 16.3. The Morgan fingerprint density at radius 2 is 2.31 bits per heavy atom. The van der Waals surface area contributed by atoms with Crippen LogP contribution in [-0.2, 0) is 0 Å². The largest absolute Gasteiger partial charge is 0.393 e. The first kappa shape index (κ1) is 10.8. The van der Waals surface area contributed by atoms with Crippen LogP contribution in [-0.4, -0.2) is 11.2 Å². The van der Waals surface area contributed by atoms with Gasteiger partial charge in [0.15, 0.2) is 0 Å². The Balaban J connectivity index is 2.17. The van der Waals surface area contributed by atoms with Crippen LogP contribution in [0.5, 0.6) is 0 Å². The molecule has 2 atom stereocenters. The van der Waals surface area contributed by atoms with Crippen LogP contribution in [0.1, 0.15) is 51.9 Å². The van der Waals surface area contributed by atoms with Crippen molar-refractivity contribution in [1.82, 2.24) is 0 Å². The van der Waals surface area contributed by atoms with E-state index in [-0.39, 0.29) is 6.10 Å². The van der Waals surface area contributed by atoms with Gasteiger partial charge >= 0.3 is 0 Å². The summed E-state index contributed by atoms with van der Waals surface area (Å²) in [6.07, 6.45) is 12.7. The summed E-state index contributed by atoms with van der Waals surface area (Å²) in [5.74, 6) is 0.450. The van der Waals surface area contributed by atoms with E-state index in [4.69, 9.17) is 0 Å². The molecule has 1 aliphatic carbocycles. The molecule has 0 aromatic rings. The molecule has 0 bridgehead atoms. The highest BCUT2D eigenvalue weighted by Gasteiger charge is 2.17. The minimum absolute atomic E-state index is 0.0805. The highest BCUT2D eigenvalue weighted by molar-refractivity contribution is 4.95. The van der Waals surface area contributed by atoms with Crippen LogP contribution in [0.3, 0.4) is 0 Å². The second-order valence-electron chi connectivity index (χ2n) is 4.09. The molecule has 76 valence electrons. The fourth-order valence-corrected chi connectivity index (χ4v) is 1.98. The van der Waals surface area contributed by atoms with Crippen molar-refractivity contribution < 1.29 is 5.11 Å². The summed E-state index contributed by atoms with van der Waals surface area (Å²) >= 11 is 0. The first-order valence-corrected chi connectivity index (χ1v) is 5.69. The van der Waals surface area contributed by atoms with Gasteiger partial charge < -0.3 is 5.11 Å². The van der Waals surface area contributed by atoms with E-state index in [2.05, 4.69) is 19.1 Å². The van der Waals surface area contributed by atoms with Gasteiger partial charge in [0.2, 0.25) is 0 Å². The standard InChI is InChI=1S/C12H22O/c1-2-3-5-10-12(13)11-8-6-4-7-9-11/h6,8,11-13H,2-5,7,9-10H2,1H3/t11-,12+/m0/s1. The molecule has 13 heavy (non-hydrogen) atoms. The summed E-state index contributed by atoms with van der Waals surface area (Å²) in [6.45, 7) is 2.20. The number of allylic oxidation sites excluding steroid dienone is 1. The van der Waals surface area contributed by atoms with Gasteiger partial charge in [-0.1, -0.05) is 38.3 Å². The summed E-state index contributed by atoms with van der Waals surface area (Å²) < 4.78 is 0. The van der Waals surface area contributed by atoms with Crippen molar-refractivity contribution in [2.75, 3.05) is 0 Å². The molecule has 1 heteroatoms. The molecule has 0 saturated heterocycles. The summed E-state index contributed by atoms with van der Waals surface area (Å²) in [4.78, 5) is 0. The summed E-state index contributed by atoms with van der Waals surface area (Å²) in [5.41, 5.74) is 0. The molecular formula is C12H22O. The van der Waals surface area contributed by atoms with Gasteiger partial charge in [-0.05, 0) is 25.7 Å². The summed E-state index contributed by atoms with van der Waals surface area (Å²) in [7, 11) is 0. The third kappa shape index (κ3) is 3.95. The van der Waals surface area contributed by atoms with E-state index >= 15 is 0 Å². The molecule has 0 radical (unpaired) electrons. The third-order valence-electron chi connectivity index (χ3n) is 2.89. The molecule has 1 rings (SSSR count). The minimum atomic E-state index is -0.0805. The van der Waals surface area contributed by atoms with Crippen molar-refractivity contribution in [2.45, 2.75) is 58.0 Å². The van der Waals surface area contributed by atoms with Gasteiger partial charge in [-0.2, -0.15) is 0 Å². The molecule has 0 unspecified atom stereocenters. The van der Waals surface area contributed by atoms with E-state index in [9.17, 15) is 5.11 Å². The van der Waals surface area contributed by atoms with E-state index in [1.165, 1.54) is 38.5 Å². The molecule has 1 nitrogen and oxygen atoms in total. The van der Waals surface area contributed by atoms with Gasteiger partial charge in [0.25, 0.3) is 0 Å². The predicted octanol–water partition coefficient (Wildman–Crippen LogP) is 3.28. The molecule has 0 amide bonds. The number of hydrogen-bond donors (Lipinski definition) is 1. The fourth-order valence-electron chi connectivity index (χ4n) is 1.98.